The Hall–Kier alpha value is -2.47. The van der Waals surface area contributed by atoms with Crippen LogP contribution in [0.3, 0.4) is 0 Å². The summed E-state index contributed by atoms with van der Waals surface area (Å²) in [6.07, 6.45) is 9.75. The predicted octanol–water partition coefficient (Wildman–Crippen LogP) is 4.77. The first-order valence-corrected chi connectivity index (χ1v) is 11.9. The van der Waals surface area contributed by atoms with E-state index in [0.717, 1.165) is 24.4 Å². The third kappa shape index (κ3) is 5.17. The fourth-order valence-electron chi connectivity index (χ4n) is 3.99. The molecule has 0 fully saturated rings. The van der Waals surface area contributed by atoms with Gasteiger partial charge in [-0.3, -0.25) is 9.00 Å². The first-order chi connectivity index (χ1) is 14.4. The molecule has 1 atom stereocenters. The molecule has 1 aliphatic carbocycles. The maximum atomic E-state index is 12.7. The summed E-state index contributed by atoms with van der Waals surface area (Å²) in [4.78, 5) is 25.6. The van der Waals surface area contributed by atoms with Crippen molar-refractivity contribution >= 4 is 22.6 Å². The number of aromatic nitrogens is 1. The number of hydrogen-bond acceptors (Lipinski definition) is 4. The number of benzene rings is 1. The average Bonchev–Trinajstić information content (AvgIpc) is 3.04. The Labute approximate surface area is 180 Å². The van der Waals surface area contributed by atoms with Crippen molar-refractivity contribution in [3.8, 4) is 0 Å². The van der Waals surface area contributed by atoms with E-state index >= 15 is 0 Å². The van der Waals surface area contributed by atoms with E-state index < -0.39 is 16.8 Å². The molecular weight excluding hydrogens is 398 g/mol. The van der Waals surface area contributed by atoms with E-state index in [4.69, 9.17) is 4.74 Å². The fourth-order valence-corrected chi connectivity index (χ4v) is 4.72. The molecule has 1 heterocycles. The van der Waals surface area contributed by atoms with Gasteiger partial charge in [0.2, 0.25) is 5.78 Å². The van der Waals surface area contributed by atoms with Gasteiger partial charge >= 0.3 is 5.97 Å². The molecule has 0 bridgehead atoms. The number of ether oxygens (including phenoxy) is 1. The standard InChI is InChI=1S/C24H29NO4S/c1-17-15-21(18(2)25(17)14-13-19-9-5-4-6-10-19)22(26)16-29-24(27)20-11-7-8-12-23(20)30(3)28/h7-9,11-12,15H,4-6,10,13-14,16H2,1-3H3/t30-/m1/s1. The van der Waals surface area contributed by atoms with Crippen molar-refractivity contribution < 1.29 is 18.5 Å². The second kappa shape index (κ2) is 10.0. The zero-order chi connectivity index (χ0) is 21.7. The second-order valence-electron chi connectivity index (χ2n) is 7.74. The second-order valence-corrected chi connectivity index (χ2v) is 9.09. The van der Waals surface area contributed by atoms with Crippen LogP contribution < -0.4 is 0 Å². The van der Waals surface area contributed by atoms with E-state index in [2.05, 4.69) is 10.6 Å². The van der Waals surface area contributed by atoms with E-state index in [1.807, 2.05) is 19.9 Å². The fraction of sp³-hybridized carbons (Fsp3) is 0.417. The van der Waals surface area contributed by atoms with E-state index in [1.54, 1.807) is 24.3 Å². The van der Waals surface area contributed by atoms with E-state index in [9.17, 15) is 13.8 Å². The lowest BCUT2D eigenvalue weighted by Gasteiger charge is -2.15. The van der Waals surface area contributed by atoms with Crippen molar-refractivity contribution in [1.82, 2.24) is 4.57 Å². The van der Waals surface area contributed by atoms with Crippen molar-refractivity contribution in [3.05, 3.63) is 64.5 Å². The summed E-state index contributed by atoms with van der Waals surface area (Å²) in [5.41, 5.74) is 4.26. The number of esters is 1. The third-order valence-corrected chi connectivity index (χ3v) is 6.64. The molecule has 6 heteroatoms. The minimum atomic E-state index is -1.31. The molecule has 160 valence electrons. The summed E-state index contributed by atoms with van der Waals surface area (Å²) in [6.45, 7) is 4.45. The molecular formula is C24H29NO4S. The van der Waals surface area contributed by atoms with Crippen molar-refractivity contribution in [1.29, 1.82) is 0 Å². The van der Waals surface area contributed by atoms with Gasteiger partial charge in [-0.1, -0.05) is 23.8 Å². The number of Topliss-reactive ketones (excluding diaryl/α,β-unsaturated/α-hetero) is 1. The summed E-state index contributed by atoms with van der Waals surface area (Å²) in [5, 5.41) is 0. The number of carbonyl (C=O) groups excluding carboxylic acids is 2. The highest BCUT2D eigenvalue weighted by atomic mass is 32.2. The van der Waals surface area contributed by atoms with E-state index in [1.165, 1.54) is 37.5 Å². The van der Waals surface area contributed by atoms with Crippen LogP contribution in [0.15, 0.2) is 46.9 Å². The minimum absolute atomic E-state index is 0.227. The number of allylic oxidation sites excluding steroid dienone is 2. The monoisotopic (exact) mass is 427 g/mol. The van der Waals surface area contributed by atoms with Crippen LogP contribution in [0.5, 0.6) is 0 Å². The average molecular weight is 428 g/mol. The normalized spacial score (nSPS) is 14.8. The number of ketones is 1. The molecule has 1 aliphatic rings. The van der Waals surface area contributed by atoms with Crippen molar-refractivity contribution in [2.24, 2.45) is 0 Å². The molecule has 3 rings (SSSR count). The van der Waals surface area contributed by atoms with Crippen LogP contribution >= 0.6 is 0 Å². The van der Waals surface area contributed by atoms with Crippen molar-refractivity contribution in [3.63, 3.8) is 0 Å². The molecule has 0 radical (unpaired) electrons. The molecule has 5 nitrogen and oxygen atoms in total. The molecule has 1 aromatic carbocycles. The lowest BCUT2D eigenvalue weighted by Crippen LogP contribution is -2.16. The summed E-state index contributed by atoms with van der Waals surface area (Å²) in [5.74, 6) is -0.859. The maximum absolute atomic E-state index is 12.7. The summed E-state index contributed by atoms with van der Waals surface area (Å²) in [6, 6.07) is 8.47. The third-order valence-electron chi connectivity index (χ3n) is 5.67. The van der Waals surface area contributed by atoms with Crippen LogP contribution in [0, 0.1) is 13.8 Å². The topological polar surface area (TPSA) is 65.4 Å². The van der Waals surface area contributed by atoms with Gasteiger partial charge < -0.3 is 9.30 Å². The Morgan fingerprint density at radius 2 is 1.90 bits per heavy atom. The van der Waals surface area contributed by atoms with Crippen molar-refractivity contribution in [2.75, 3.05) is 12.9 Å². The Morgan fingerprint density at radius 1 is 1.13 bits per heavy atom. The maximum Gasteiger partial charge on any atom is 0.339 e. The Kier molecular flexibility index (Phi) is 7.43. The number of carbonyl (C=O) groups is 2. The minimum Gasteiger partial charge on any atom is -0.454 e. The molecule has 0 saturated heterocycles. The number of hydrogen-bond donors (Lipinski definition) is 0. The predicted molar refractivity (Wildman–Crippen MR) is 118 cm³/mol. The van der Waals surface area contributed by atoms with Gasteiger partial charge in [-0.2, -0.15) is 0 Å². The van der Waals surface area contributed by atoms with Gasteiger partial charge in [-0.15, -0.1) is 0 Å². The molecule has 0 spiro atoms. The van der Waals surface area contributed by atoms with Crippen LogP contribution in [0.4, 0.5) is 0 Å². The number of nitrogens with zero attached hydrogens (tertiary/aromatic N) is 1. The van der Waals surface area contributed by atoms with Crippen LogP contribution in [0.1, 0.15) is 64.2 Å². The highest BCUT2D eigenvalue weighted by Crippen LogP contribution is 2.23. The largest absolute Gasteiger partial charge is 0.454 e. The molecule has 0 saturated carbocycles. The van der Waals surface area contributed by atoms with Crippen LogP contribution in [0.2, 0.25) is 0 Å². The molecule has 2 aromatic rings. The molecule has 0 N–H and O–H groups in total. The van der Waals surface area contributed by atoms with Crippen LogP contribution in [0.25, 0.3) is 0 Å². The summed E-state index contributed by atoms with van der Waals surface area (Å²) in [7, 11) is -1.31. The van der Waals surface area contributed by atoms with E-state index in [-0.39, 0.29) is 18.0 Å². The Bertz CT molecular complexity index is 1000. The van der Waals surface area contributed by atoms with Crippen LogP contribution in [-0.4, -0.2) is 33.4 Å². The smallest absolute Gasteiger partial charge is 0.339 e. The number of rotatable bonds is 8. The number of aryl methyl sites for hydroxylation is 1. The zero-order valence-electron chi connectivity index (χ0n) is 17.9. The SMILES string of the molecule is Cc1cc(C(=O)COC(=O)c2ccccc2[S@@](C)=O)c(C)n1CCC1=CCCCC1. The van der Waals surface area contributed by atoms with Crippen molar-refractivity contribution in [2.45, 2.75) is 57.4 Å². The molecule has 0 aliphatic heterocycles. The van der Waals surface area contributed by atoms with Gasteiger partial charge in [0.1, 0.15) is 0 Å². The van der Waals surface area contributed by atoms with Gasteiger partial charge in [0.05, 0.1) is 21.3 Å². The Balaban J connectivity index is 1.65. The van der Waals surface area contributed by atoms with Gasteiger partial charge in [-0.25, -0.2) is 4.79 Å². The first-order valence-electron chi connectivity index (χ1n) is 10.4. The molecule has 0 amide bonds. The molecule has 30 heavy (non-hydrogen) atoms. The van der Waals surface area contributed by atoms with Crippen LogP contribution in [-0.2, 0) is 22.1 Å². The van der Waals surface area contributed by atoms with Gasteiger partial charge in [-0.05, 0) is 64.2 Å². The van der Waals surface area contributed by atoms with Gasteiger partial charge in [0, 0.05) is 29.8 Å². The summed E-state index contributed by atoms with van der Waals surface area (Å²) < 4.78 is 19.2. The highest BCUT2D eigenvalue weighted by molar-refractivity contribution is 7.84. The quantitative estimate of drug-likeness (QED) is 0.346. The zero-order valence-corrected chi connectivity index (χ0v) is 18.7. The van der Waals surface area contributed by atoms with Gasteiger partial charge in [0.15, 0.2) is 6.61 Å². The van der Waals surface area contributed by atoms with Gasteiger partial charge in [0.25, 0.3) is 0 Å². The lowest BCUT2D eigenvalue weighted by atomic mass is 9.97. The van der Waals surface area contributed by atoms with E-state index in [0.29, 0.717) is 10.5 Å². The lowest BCUT2D eigenvalue weighted by molar-refractivity contribution is 0.0471. The molecule has 1 aromatic heterocycles. The molecule has 0 unspecified atom stereocenters. The summed E-state index contributed by atoms with van der Waals surface area (Å²) >= 11 is 0. The Morgan fingerprint density at radius 3 is 2.60 bits per heavy atom. The first kappa shape index (κ1) is 22.2. The highest BCUT2D eigenvalue weighted by Gasteiger charge is 2.20.